The molecule has 0 bridgehead atoms. The Kier molecular flexibility index (Phi) is 8.52. The Labute approximate surface area is 233 Å². The van der Waals surface area contributed by atoms with Crippen LogP contribution < -0.4 is 10.2 Å². The smallest absolute Gasteiger partial charge is 0.357 e. The van der Waals surface area contributed by atoms with Crippen LogP contribution in [0.5, 0.6) is 0 Å². The Morgan fingerprint density at radius 3 is 2.65 bits per heavy atom. The molecule has 2 fully saturated rings. The molecular weight excluding hydrogens is 508 g/mol. The zero-order valence-electron chi connectivity index (χ0n) is 22.4. The molecule has 0 aliphatic carbocycles. The lowest BCUT2D eigenvalue weighted by Crippen LogP contribution is -2.33. The molecule has 3 aromatic rings. The molecule has 2 aliphatic heterocycles. The number of rotatable bonds is 8. The number of carbonyl (C=O) groups is 1. The molecule has 4 heterocycles. The van der Waals surface area contributed by atoms with E-state index in [1.807, 2.05) is 42.5 Å². The summed E-state index contributed by atoms with van der Waals surface area (Å²) in [6.07, 6.45) is 3.80. The molecular formula is C30H32N6O4. The first kappa shape index (κ1) is 27.1. The summed E-state index contributed by atoms with van der Waals surface area (Å²) in [5, 5.41) is 21.5. The molecule has 2 aromatic heterocycles. The highest BCUT2D eigenvalue weighted by molar-refractivity contribution is 6.05. The van der Waals surface area contributed by atoms with Gasteiger partial charge in [0, 0.05) is 48.4 Å². The Bertz CT molecular complexity index is 1380. The minimum atomic E-state index is -0.562. The lowest BCUT2D eigenvalue weighted by molar-refractivity contribution is 0.0519. The standard InChI is InChI=1S/C30H32N6O4/c1-2-39-30(37)25-16-24(21-8-9-26(33-18-21)36-13-10-20(17-31)11-14-36)27(28(32)40-23-12-15-38-19-23)29(35-25)34-22-6-4-3-5-7-22/h3-9,16,18,20,23,32H,2,10-15,19H2,1H3,(H,34,35). The zero-order valence-corrected chi connectivity index (χ0v) is 22.4. The minimum absolute atomic E-state index is 0.0745. The maximum Gasteiger partial charge on any atom is 0.357 e. The predicted molar refractivity (Wildman–Crippen MR) is 151 cm³/mol. The van der Waals surface area contributed by atoms with Gasteiger partial charge in [0.25, 0.3) is 0 Å². The molecule has 206 valence electrons. The van der Waals surface area contributed by atoms with E-state index in [2.05, 4.69) is 21.3 Å². The van der Waals surface area contributed by atoms with Gasteiger partial charge in [-0.2, -0.15) is 5.26 Å². The van der Waals surface area contributed by atoms with Gasteiger partial charge < -0.3 is 24.4 Å². The van der Waals surface area contributed by atoms with E-state index < -0.39 is 5.97 Å². The third kappa shape index (κ3) is 6.21. The molecule has 5 rings (SSSR count). The summed E-state index contributed by atoms with van der Waals surface area (Å²) >= 11 is 0. The molecule has 2 aliphatic rings. The van der Waals surface area contributed by atoms with Crippen LogP contribution in [0, 0.1) is 22.7 Å². The number of nitrogens with zero attached hydrogens (tertiary/aromatic N) is 4. The number of para-hydroxylation sites is 1. The Balaban J connectivity index is 1.56. The Morgan fingerprint density at radius 2 is 2.00 bits per heavy atom. The molecule has 2 saturated heterocycles. The molecule has 0 amide bonds. The quantitative estimate of drug-likeness (QED) is 0.232. The molecule has 1 unspecified atom stereocenters. The molecule has 0 spiro atoms. The molecule has 0 radical (unpaired) electrons. The van der Waals surface area contributed by atoms with Crippen LogP contribution in [0.15, 0.2) is 54.7 Å². The highest BCUT2D eigenvalue weighted by atomic mass is 16.5. The predicted octanol–water partition coefficient (Wildman–Crippen LogP) is 4.93. The zero-order chi connectivity index (χ0) is 27.9. The SMILES string of the molecule is CCOC(=O)c1cc(-c2ccc(N3CCC(C#N)CC3)nc2)c(C(=N)OC2CCOC2)c(Nc2ccccc2)n1. The number of benzene rings is 1. The van der Waals surface area contributed by atoms with E-state index in [1.54, 1.807) is 19.2 Å². The molecule has 10 nitrogen and oxygen atoms in total. The summed E-state index contributed by atoms with van der Waals surface area (Å²) in [6.45, 7) is 4.48. The summed E-state index contributed by atoms with van der Waals surface area (Å²) in [6, 6.07) is 17.3. The highest BCUT2D eigenvalue weighted by Gasteiger charge is 2.27. The van der Waals surface area contributed by atoms with Gasteiger partial charge in [0.2, 0.25) is 5.90 Å². The van der Waals surface area contributed by atoms with Crippen LogP contribution in [0.2, 0.25) is 0 Å². The number of hydrogen-bond donors (Lipinski definition) is 2. The summed E-state index contributed by atoms with van der Waals surface area (Å²) in [7, 11) is 0. The normalized spacial score (nSPS) is 17.2. The number of esters is 1. The summed E-state index contributed by atoms with van der Waals surface area (Å²) in [4.78, 5) is 24.3. The van der Waals surface area contributed by atoms with Crippen molar-refractivity contribution in [2.75, 3.05) is 43.1 Å². The number of piperidine rings is 1. The average molecular weight is 541 g/mol. The lowest BCUT2D eigenvalue weighted by Gasteiger charge is -2.30. The number of carbonyl (C=O) groups excluding carboxylic acids is 1. The van der Waals surface area contributed by atoms with E-state index in [0.29, 0.717) is 42.1 Å². The van der Waals surface area contributed by atoms with Crippen LogP contribution in [-0.4, -0.2) is 60.8 Å². The van der Waals surface area contributed by atoms with Crippen molar-refractivity contribution in [1.82, 2.24) is 9.97 Å². The first-order valence-electron chi connectivity index (χ1n) is 13.5. The van der Waals surface area contributed by atoms with Crippen LogP contribution in [-0.2, 0) is 14.2 Å². The van der Waals surface area contributed by atoms with Gasteiger partial charge in [0.1, 0.15) is 17.7 Å². The Hall–Kier alpha value is -4.49. The van der Waals surface area contributed by atoms with Gasteiger partial charge in [-0.1, -0.05) is 18.2 Å². The number of pyridine rings is 2. The van der Waals surface area contributed by atoms with E-state index in [0.717, 1.165) is 37.4 Å². The number of aromatic nitrogens is 2. The van der Waals surface area contributed by atoms with Gasteiger partial charge in [0.05, 0.1) is 31.5 Å². The number of ether oxygens (including phenoxy) is 3. The van der Waals surface area contributed by atoms with Gasteiger partial charge in [-0.05, 0) is 50.1 Å². The van der Waals surface area contributed by atoms with Gasteiger partial charge in [-0.25, -0.2) is 14.8 Å². The number of anilines is 3. The summed E-state index contributed by atoms with van der Waals surface area (Å²) in [5.41, 5.74) is 2.54. The number of hydrogen-bond acceptors (Lipinski definition) is 10. The van der Waals surface area contributed by atoms with E-state index in [-0.39, 0.29) is 30.2 Å². The maximum absolute atomic E-state index is 12.8. The average Bonchev–Trinajstić information content (AvgIpc) is 3.50. The second kappa shape index (κ2) is 12.6. The molecule has 1 aromatic carbocycles. The van der Waals surface area contributed by atoms with Crippen LogP contribution in [0.1, 0.15) is 42.2 Å². The molecule has 10 heteroatoms. The fourth-order valence-electron chi connectivity index (χ4n) is 4.86. The second-order valence-corrected chi connectivity index (χ2v) is 9.72. The maximum atomic E-state index is 12.8. The monoisotopic (exact) mass is 540 g/mol. The van der Waals surface area contributed by atoms with Crippen molar-refractivity contribution in [3.8, 4) is 17.2 Å². The number of nitriles is 1. The molecule has 1 atom stereocenters. The highest BCUT2D eigenvalue weighted by Crippen LogP contribution is 2.33. The largest absolute Gasteiger partial charge is 0.472 e. The van der Waals surface area contributed by atoms with E-state index in [9.17, 15) is 10.1 Å². The van der Waals surface area contributed by atoms with Crippen molar-refractivity contribution in [2.24, 2.45) is 5.92 Å². The van der Waals surface area contributed by atoms with Crippen molar-refractivity contribution in [3.05, 3.63) is 66.0 Å². The Morgan fingerprint density at radius 1 is 1.20 bits per heavy atom. The third-order valence-corrected chi connectivity index (χ3v) is 7.00. The van der Waals surface area contributed by atoms with E-state index >= 15 is 0 Å². The van der Waals surface area contributed by atoms with E-state index in [4.69, 9.17) is 24.6 Å². The van der Waals surface area contributed by atoms with Crippen molar-refractivity contribution in [2.45, 2.75) is 32.3 Å². The van der Waals surface area contributed by atoms with Gasteiger partial charge in [-0.3, -0.25) is 5.41 Å². The van der Waals surface area contributed by atoms with Gasteiger partial charge in [0.15, 0.2) is 5.69 Å². The van der Waals surface area contributed by atoms with Crippen molar-refractivity contribution >= 4 is 29.2 Å². The first-order chi connectivity index (χ1) is 19.6. The van der Waals surface area contributed by atoms with Crippen LogP contribution in [0.25, 0.3) is 11.1 Å². The molecule has 0 saturated carbocycles. The van der Waals surface area contributed by atoms with Crippen LogP contribution >= 0.6 is 0 Å². The second-order valence-electron chi connectivity index (χ2n) is 9.72. The fraction of sp³-hybridized carbons (Fsp3) is 0.367. The van der Waals surface area contributed by atoms with Crippen LogP contribution in [0.4, 0.5) is 17.3 Å². The number of nitrogens with one attached hydrogen (secondary N) is 2. The van der Waals surface area contributed by atoms with Crippen molar-refractivity contribution < 1.29 is 19.0 Å². The topological polar surface area (TPSA) is 133 Å². The third-order valence-electron chi connectivity index (χ3n) is 7.00. The van der Waals surface area contributed by atoms with Crippen LogP contribution in [0.3, 0.4) is 0 Å². The lowest BCUT2D eigenvalue weighted by atomic mass is 9.98. The van der Waals surface area contributed by atoms with E-state index in [1.165, 1.54) is 0 Å². The fourth-order valence-corrected chi connectivity index (χ4v) is 4.86. The minimum Gasteiger partial charge on any atom is -0.472 e. The van der Waals surface area contributed by atoms with Gasteiger partial charge in [-0.15, -0.1) is 0 Å². The summed E-state index contributed by atoms with van der Waals surface area (Å²) in [5.74, 6) is 0.572. The van der Waals surface area contributed by atoms with Gasteiger partial charge >= 0.3 is 5.97 Å². The van der Waals surface area contributed by atoms with Crippen molar-refractivity contribution in [1.29, 1.82) is 10.7 Å². The molecule has 40 heavy (non-hydrogen) atoms. The molecule has 2 N–H and O–H groups in total. The van der Waals surface area contributed by atoms with Crippen molar-refractivity contribution in [3.63, 3.8) is 0 Å². The summed E-state index contributed by atoms with van der Waals surface area (Å²) < 4.78 is 16.8. The first-order valence-corrected chi connectivity index (χ1v) is 13.5.